The molecule has 332 valence electrons. The van der Waals surface area contributed by atoms with Gasteiger partial charge in [-0.15, -0.1) is 0 Å². The molecule has 1 saturated carbocycles. The van der Waals surface area contributed by atoms with Crippen molar-refractivity contribution in [1.82, 2.24) is 36.0 Å². The molecule has 1 unspecified atom stereocenters. The number of ketones is 1. The van der Waals surface area contributed by atoms with Gasteiger partial charge in [0, 0.05) is 47.1 Å². The molecule has 4 N–H and O–H groups in total. The highest BCUT2D eigenvalue weighted by Gasteiger charge is 2.46. The first-order valence-corrected chi connectivity index (χ1v) is 21.5. The number of ether oxygens (including phenoxy) is 2. The Labute approximate surface area is 358 Å². The zero-order valence-electron chi connectivity index (χ0n) is 36.4. The Balaban J connectivity index is 1.33. The Morgan fingerprint density at radius 1 is 0.967 bits per heavy atom. The molecule has 5 atom stereocenters. The molecule has 61 heavy (non-hydrogen) atoms. The smallest absolute Gasteiger partial charge is 0.318 e. The average Bonchev–Trinajstić information content (AvgIpc) is 3.66. The van der Waals surface area contributed by atoms with Crippen molar-refractivity contribution in [2.75, 3.05) is 40.8 Å². The molecule has 1 saturated heterocycles. The van der Waals surface area contributed by atoms with Gasteiger partial charge in [-0.05, 0) is 62.3 Å². The maximum Gasteiger partial charge on any atom is 0.318 e. The van der Waals surface area contributed by atoms with Crippen molar-refractivity contribution in [3.8, 4) is 5.75 Å². The summed E-state index contributed by atoms with van der Waals surface area (Å²) in [6, 6.07) is 11.5. The average molecular weight is 846 g/mol. The number of hydrogen-bond donors (Lipinski definition) is 4. The Hall–Kier alpha value is -5.51. The number of nitrogens with zero attached hydrogens (tertiary/aromatic N) is 3. The van der Waals surface area contributed by atoms with Crippen LogP contribution in [-0.4, -0.2) is 127 Å². The van der Waals surface area contributed by atoms with Gasteiger partial charge in [-0.2, -0.15) is 0 Å². The van der Waals surface area contributed by atoms with Gasteiger partial charge in [-0.1, -0.05) is 75.1 Å². The van der Waals surface area contributed by atoms with Crippen LogP contribution in [0.3, 0.4) is 0 Å². The fourth-order valence-electron chi connectivity index (χ4n) is 8.28. The lowest BCUT2D eigenvalue weighted by atomic mass is 9.83. The lowest BCUT2D eigenvalue weighted by Gasteiger charge is -2.35. The molecule has 0 spiro atoms. The first-order chi connectivity index (χ1) is 29.1. The van der Waals surface area contributed by atoms with E-state index in [0.717, 1.165) is 37.7 Å². The highest BCUT2D eigenvalue weighted by atomic mass is 16.5. The minimum Gasteiger partial charge on any atom is -0.493 e. The van der Waals surface area contributed by atoms with Crippen LogP contribution in [0, 0.1) is 5.92 Å². The van der Waals surface area contributed by atoms with Gasteiger partial charge in [0.2, 0.25) is 29.4 Å². The molecule has 2 aromatic rings. The summed E-state index contributed by atoms with van der Waals surface area (Å²) in [4.78, 5) is 100. The molecule has 1 aliphatic carbocycles. The van der Waals surface area contributed by atoms with Gasteiger partial charge in [-0.25, -0.2) is 4.79 Å². The summed E-state index contributed by atoms with van der Waals surface area (Å²) < 4.78 is 12.7. The molecular formula is C45H63N7O9. The summed E-state index contributed by atoms with van der Waals surface area (Å²) in [5, 5.41) is 10.8. The number of carbonyl (C=O) groups excluding carboxylic acids is 7. The molecule has 0 aromatic heterocycles. The number of benzene rings is 2. The molecule has 16 heteroatoms. The van der Waals surface area contributed by atoms with Crippen LogP contribution in [0.2, 0.25) is 0 Å². The summed E-state index contributed by atoms with van der Waals surface area (Å²) in [6.07, 6.45) is 4.89. The largest absolute Gasteiger partial charge is 0.493 e. The standard InChI is InChI=1S/C45H63N7O9/c1-7-15-34(39(54)41(56)46-26-36(53)48-37(42(57)50(4)5)30-17-10-8-11-18-30)47-40(55)35-25-33-28-52(35)43(58)38(31-19-12-9-13-20-31)49-44(59)51(6)27-29-16-14-21-32(24-29)60-23-22-45(2,3)61-33/h8,10-11,14,16-18,21,24,31,33-35,37-38H,7,9,12-13,15,19-20,22-23,25-28H2,1-6H3,(H,46,56)(H,47,55)(H,48,53)(H,49,59)/t33-,34+,35?,37+,38-/m1/s1. The first-order valence-electron chi connectivity index (χ1n) is 21.5. The van der Waals surface area contributed by atoms with Crippen LogP contribution in [0.15, 0.2) is 54.6 Å². The summed E-state index contributed by atoms with van der Waals surface area (Å²) in [7, 11) is 4.79. The summed E-state index contributed by atoms with van der Waals surface area (Å²) >= 11 is 0. The minimum atomic E-state index is -1.26. The maximum absolute atomic E-state index is 14.8. The molecule has 2 heterocycles. The van der Waals surface area contributed by atoms with Crippen molar-refractivity contribution in [2.24, 2.45) is 5.92 Å². The molecule has 2 aromatic carbocycles. The maximum atomic E-state index is 14.8. The van der Waals surface area contributed by atoms with Gasteiger partial charge in [-0.3, -0.25) is 28.8 Å². The molecule has 0 radical (unpaired) electrons. The number of rotatable bonds is 12. The van der Waals surface area contributed by atoms with Crippen LogP contribution in [-0.2, 0) is 40.0 Å². The Morgan fingerprint density at radius 3 is 2.38 bits per heavy atom. The molecular weight excluding hydrogens is 783 g/mol. The third-order valence-electron chi connectivity index (χ3n) is 11.6. The second-order valence-corrected chi connectivity index (χ2v) is 17.2. The van der Waals surface area contributed by atoms with Crippen LogP contribution < -0.4 is 26.0 Å². The quantitative estimate of drug-likeness (QED) is 0.232. The van der Waals surface area contributed by atoms with E-state index in [9.17, 15) is 33.6 Å². The zero-order valence-corrected chi connectivity index (χ0v) is 36.4. The van der Waals surface area contributed by atoms with E-state index in [1.165, 1.54) is 14.7 Å². The Kier molecular flexibility index (Phi) is 16.3. The fourth-order valence-corrected chi connectivity index (χ4v) is 8.28. The van der Waals surface area contributed by atoms with Gasteiger partial charge in [0.15, 0.2) is 0 Å². The van der Waals surface area contributed by atoms with E-state index < -0.39 is 77.9 Å². The lowest BCUT2D eigenvalue weighted by molar-refractivity contribution is -0.143. The second kappa shape index (κ2) is 21.3. The number of amides is 7. The molecule has 4 bridgehead atoms. The van der Waals surface area contributed by atoms with Crippen molar-refractivity contribution < 1.29 is 43.0 Å². The van der Waals surface area contributed by atoms with Crippen LogP contribution in [0.4, 0.5) is 4.79 Å². The van der Waals surface area contributed by atoms with Crippen LogP contribution in [0.25, 0.3) is 0 Å². The first kappa shape index (κ1) is 46.6. The summed E-state index contributed by atoms with van der Waals surface area (Å²) in [6.45, 7) is 5.74. The molecule has 3 aliphatic rings. The number of likely N-dealkylation sites (N-methyl/N-ethyl adjacent to an activating group) is 1. The van der Waals surface area contributed by atoms with E-state index in [1.807, 2.05) is 38.1 Å². The summed E-state index contributed by atoms with van der Waals surface area (Å²) in [5.41, 5.74) is 0.693. The van der Waals surface area contributed by atoms with E-state index in [2.05, 4.69) is 21.3 Å². The topological polar surface area (TPSA) is 196 Å². The van der Waals surface area contributed by atoms with Crippen LogP contribution in [0.5, 0.6) is 5.75 Å². The van der Waals surface area contributed by atoms with E-state index in [4.69, 9.17) is 9.47 Å². The number of nitrogens with one attached hydrogen (secondary N) is 4. The van der Waals surface area contributed by atoms with Gasteiger partial charge >= 0.3 is 6.03 Å². The molecule has 5 rings (SSSR count). The van der Waals surface area contributed by atoms with E-state index in [0.29, 0.717) is 30.8 Å². The third-order valence-corrected chi connectivity index (χ3v) is 11.6. The number of carbonyl (C=O) groups is 7. The lowest BCUT2D eigenvalue weighted by Crippen LogP contribution is -2.59. The van der Waals surface area contributed by atoms with Gasteiger partial charge < -0.3 is 45.4 Å². The highest BCUT2D eigenvalue weighted by Crippen LogP contribution is 2.32. The van der Waals surface area contributed by atoms with Crippen LogP contribution in [0.1, 0.15) is 95.7 Å². The fraction of sp³-hybridized carbons (Fsp3) is 0.578. The molecule has 7 amide bonds. The van der Waals surface area contributed by atoms with Gasteiger partial charge in [0.1, 0.15) is 23.9 Å². The van der Waals surface area contributed by atoms with Gasteiger partial charge in [0.25, 0.3) is 5.91 Å². The van der Waals surface area contributed by atoms with Crippen molar-refractivity contribution >= 4 is 41.4 Å². The van der Waals surface area contributed by atoms with E-state index in [-0.39, 0.29) is 37.8 Å². The van der Waals surface area contributed by atoms with E-state index >= 15 is 0 Å². The predicted octanol–water partition coefficient (Wildman–Crippen LogP) is 3.24. The second-order valence-electron chi connectivity index (χ2n) is 17.2. The predicted molar refractivity (Wildman–Crippen MR) is 227 cm³/mol. The number of hydrogen-bond acceptors (Lipinski definition) is 9. The van der Waals surface area contributed by atoms with Crippen molar-refractivity contribution in [2.45, 2.75) is 121 Å². The van der Waals surface area contributed by atoms with Crippen molar-refractivity contribution in [3.63, 3.8) is 0 Å². The van der Waals surface area contributed by atoms with Crippen molar-refractivity contribution in [3.05, 3.63) is 65.7 Å². The Bertz CT molecular complexity index is 1880. The zero-order chi connectivity index (χ0) is 44.3. The monoisotopic (exact) mass is 845 g/mol. The molecule has 2 aliphatic heterocycles. The molecule has 2 fully saturated rings. The third kappa shape index (κ3) is 12.8. The number of fused-ring (bicyclic) bond motifs is 4. The number of Topliss-reactive ketones (excluding diaryl/α,β-unsaturated/α-hetero) is 1. The normalized spacial score (nSPS) is 22.1. The van der Waals surface area contributed by atoms with Crippen molar-refractivity contribution in [1.29, 1.82) is 0 Å². The molecule has 16 nitrogen and oxygen atoms in total. The number of urea groups is 1. The Morgan fingerprint density at radius 2 is 1.69 bits per heavy atom. The highest BCUT2D eigenvalue weighted by molar-refractivity contribution is 6.38. The van der Waals surface area contributed by atoms with Gasteiger partial charge in [0.05, 0.1) is 30.9 Å². The van der Waals surface area contributed by atoms with Crippen LogP contribution >= 0.6 is 0 Å². The summed E-state index contributed by atoms with van der Waals surface area (Å²) in [5.74, 6) is -3.66. The van der Waals surface area contributed by atoms with E-state index in [1.54, 1.807) is 58.4 Å². The minimum absolute atomic E-state index is 0.0687. The SMILES string of the molecule is CCC[C@H](NC(=O)C1C[C@@H]2CN1C(=O)[C@@H](C1CCCCC1)NC(=O)N(C)Cc1cccc(c1)OCCC(C)(C)O2)C(=O)C(=O)NCC(=O)N[C@H](C(=O)N(C)C)c1ccccc1.